The summed E-state index contributed by atoms with van der Waals surface area (Å²) in [4.78, 5) is 0. The molecule has 1 aliphatic rings. The highest BCUT2D eigenvalue weighted by Gasteiger charge is 2.33. The van der Waals surface area contributed by atoms with Crippen molar-refractivity contribution >= 4 is 0 Å². The lowest BCUT2D eigenvalue weighted by Crippen LogP contribution is -1.76. The van der Waals surface area contributed by atoms with Crippen LogP contribution in [0.5, 0.6) is 0 Å². The summed E-state index contributed by atoms with van der Waals surface area (Å²) >= 11 is 0. The van der Waals surface area contributed by atoms with Crippen LogP contribution < -0.4 is 0 Å². The predicted molar refractivity (Wildman–Crippen MR) is 41.2 cm³/mol. The molecule has 0 aromatic carbocycles. The van der Waals surface area contributed by atoms with Gasteiger partial charge in [-0.25, -0.2) is 0 Å². The summed E-state index contributed by atoms with van der Waals surface area (Å²) in [6.45, 7) is 7.42. The predicted octanol–water partition coefficient (Wildman–Crippen LogP) is 2.77. The van der Waals surface area contributed by atoms with Gasteiger partial charge in [-0.2, -0.15) is 0 Å². The van der Waals surface area contributed by atoms with Gasteiger partial charge in [-0.1, -0.05) is 12.2 Å². The van der Waals surface area contributed by atoms with E-state index in [4.69, 9.17) is 0 Å². The molecule has 1 rings (SSSR count). The summed E-state index contributed by atoms with van der Waals surface area (Å²) in [6, 6.07) is 0. The Kier molecular flexibility index (Phi) is 2.10. The van der Waals surface area contributed by atoms with Gasteiger partial charge < -0.3 is 0 Å². The quantitative estimate of drug-likeness (QED) is 0.503. The minimum atomic E-state index is 0.945. The molecule has 9 heavy (non-hydrogen) atoms. The molecular weight excluding hydrogens is 108 g/mol. The highest BCUT2D eigenvalue weighted by molar-refractivity contribution is 4.93. The molecule has 1 aliphatic carbocycles. The van der Waals surface area contributed by atoms with E-state index in [1.54, 1.807) is 0 Å². The zero-order valence-electron chi connectivity index (χ0n) is 5.84. The first-order chi connectivity index (χ1) is 4.38. The minimum absolute atomic E-state index is 0.945. The first kappa shape index (κ1) is 6.60. The smallest absolute Gasteiger partial charge is 0.0322 e. The molecular formula is C9H14. The summed E-state index contributed by atoms with van der Waals surface area (Å²) in [5.41, 5.74) is 0. The molecule has 0 amide bonds. The average molecular weight is 122 g/mol. The Bertz CT molecular complexity index is 99.2. The molecule has 0 nitrogen and oxygen atoms in total. The molecule has 0 bridgehead atoms. The van der Waals surface area contributed by atoms with Crippen molar-refractivity contribution in [2.45, 2.75) is 19.3 Å². The second kappa shape index (κ2) is 2.86. The Morgan fingerprint density at radius 1 is 1.11 bits per heavy atom. The Hall–Kier alpha value is -0.520. The van der Waals surface area contributed by atoms with Crippen molar-refractivity contribution < 1.29 is 0 Å². The maximum Gasteiger partial charge on any atom is -0.0322 e. The van der Waals surface area contributed by atoms with Crippen LogP contribution >= 0.6 is 0 Å². The molecule has 0 aromatic heterocycles. The Labute approximate surface area is 57.3 Å². The van der Waals surface area contributed by atoms with E-state index >= 15 is 0 Å². The number of allylic oxidation sites excluding steroid dienone is 2. The maximum absolute atomic E-state index is 3.71. The molecule has 0 spiro atoms. The molecule has 0 N–H and O–H groups in total. The van der Waals surface area contributed by atoms with Crippen molar-refractivity contribution in [1.82, 2.24) is 0 Å². The fourth-order valence-corrected chi connectivity index (χ4v) is 1.32. The van der Waals surface area contributed by atoms with Gasteiger partial charge in [-0.05, 0) is 31.1 Å². The molecule has 1 fully saturated rings. The topological polar surface area (TPSA) is 0 Å². The average Bonchev–Trinajstić information content (AvgIpc) is 2.50. The third-order valence-electron chi connectivity index (χ3n) is 2.01. The summed E-state index contributed by atoms with van der Waals surface area (Å²) in [5.74, 6) is 1.89. The summed E-state index contributed by atoms with van der Waals surface area (Å²) < 4.78 is 0. The van der Waals surface area contributed by atoms with Crippen LogP contribution in [0.4, 0.5) is 0 Å². The number of hydrogen-bond acceptors (Lipinski definition) is 0. The van der Waals surface area contributed by atoms with Crippen LogP contribution in [0.1, 0.15) is 19.3 Å². The van der Waals surface area contributed by atoms with Crippen molar-refractivity contribution in [1.29, 1.82) is 0 Å². The minimum Gasteiger partial charge on any atom is -0.103 e. The van der Waals surface area contributed by atoms with E-state index < -0.39 is 0 Å². The van der Waals surface area contributed by atoms with Crippen LogP contribution in [0.2, 0.25) is 0 Å². The van der Waals surface area contributed by atoms with E-state index in [2.05, 4.69) is 13.2 Å². The summed E-state index contributed by atoms with van der Waals surface area (Å²) in [5, 5.41) is 0. The molecule has 50 valence electrons. The third kappa shape index (κ3) is 1.70. The fourth-order valence-electron chi connectivity index (χ4n) is 1.32. The van der Waals surface area contributed by atoms with Crippen molar-refractivity contribution in [2.75, 3.05) is 0 Å². The molecule has 0 aliphatic heterocycles. The largest absolute Gasteiger partial charge is 0.103 e. The van der Waals surface area contributed by atoms with Crippen molar-refractivity contribution in [3.05, 3.63) is 25.3 Å². The lowest BCUT2D eigenvalue weighted by atomic mass is 10.2. The summed E-state index contributed by atoms with van der Waals surface area (Å²) in [6.07, 6.45) is 7.86. The van der Waals surface area contributed by atoms with E-state index in [0.717, 1.165) is 11.8 Å². The number of hydrogen-bond donors (Lipinski definition) is 0. The monoisotopic (exact) mass is 122 g/mol. The van der Waals surface area contributed by atoms with Crippen molar-refractivity contribution in [2.24, 2.45) is 11.8 Å². The Balaban J connectivity index is 2.09. The molecule has 0 aromatic rings. The molecule has 0 heterocycles. The van der Waals surface area contributed by atoms with E-state index in [1.807, 2.05) is 12.2 Å². The second-order valence-electron chi connectivity index (χ2n) is 2.80. The molecule has 0 heteroatoms. The van der Waals surface area contributed by atoms with E-state index in [1.165, 1.54) is 19.3 Å². The van der Waals surface area contributed by atoms with E-state index in [9.17, 15) is 0 Å². The van der Waals surface area contributed by atoms with Gasteiger partial charge in [0.2, 0.25) is 0 Å². The third-order valence-corrected chi connectivity index (χ3v) is 2.01. The van der Waals surface area contributed by atoms with Crippen LogP contribution in [-0.4, -0.2) is 0 Å². The molecule has 0 saturated heterocycles. The normalized spacial score (nSPS) is 31.6. The lowest BCUT2D eigenvalue weighted by Gasteiger charge is -1.88. The standard InChI is InChI=1S/C9H14/c1-3-5-8-7-9(8)6-4-2/h3-4,8-9H,1-2,5-7H2/t8-,9-/m0/s1. The van der Waals surface area contributed by atoms with Crippen LogP contribution in [0.3, 0.4) is 0 Å². The first-order valence-electron chi connectivity index (χ1n) is 3.60. The highest BCUT2D eigenvalue weighted by Crippen LogP contribution is 2.43. The zero-order chi connectivity index (χ0) is 6.69. The zero-order valence-corrected chi connectivity index (χ0v) is 5.84. The fraction of sp³-hybridized carbons (Fsp3) is 0.556. The van der Waals surface area contributed by atoms with Gasteiger partial charge in [-0.15, -0.1) is 13.2 Å². The van der Waals surface area contributed by atoms with Gasteiger partial charge in [0.25, 0.3) is 0 Å². The lowest BCUT2D eigenvalue weighted by molar-refractivity contribution is 0.720. The van der Waals surface area contributed by atoms with Gasteiger partial charge in [-0.3, -0.25) is 0 Å². The van der Waals surface area contributed by atoms with Crippen LogP contribution in [-0.2, 0) is 0 Å². The van der Waals surface area contributed by atoms with Gasteiger partial charge in [0, 0.05) is 0 Å². The van der Waals surface area contributed by atoms with Gasteiger partial charge in [0.15, 0.2) is 0 Å². The Morgan fingerprint density at radius 2 is 1.56 bits per heavy atom. The SMILES string of the molecule is C=CC[C@H]1C[C@@H]1CC=C. The van der Waals surface area contributed by atoms with E-state index in [-0.39, 0.29) is 0 Å². The van der Waals surface area contributed by atoms with Gasteiger partial charge >= 0.3 is 0 Å². The molecule has 1 saturated carbocycles. The van der Waals surface area contributed by atoms with E-state index in [0.29, 0.717) is 0 Å². The first-order valence-corrected chi connectivity index (χ1v) is 3.60. The van der Waals surface area contributed by atoms with Gasteiger partial charge in [0.05, 0.1) is 0 Å². The molecule has 0 radical (unpaired) electrons. The van der Waals surface area contributed by atoms with Crippen LogP contribution in [0.25, 0.3) is 0 Å². The van der Waals surface area contributed by atoms with Crippen molar-refractivity contribution in [3.8, 4) is 0 Å². The molecule has 0 unspecified atom stereocenters. The number of rotatable bonds is 4. The van der Waals surface area contributed by atoms with Crippen molar-refractivity contribution in [3.63, 3.8) is 0 Å². The Morgan fingerprint density at radius 3 is 1.89 bits per heavy atom. The molecule has 2 atom stereocenters. The van der Waals surface area contributed by atoms with Crippen LogP contribution in [0, 0.1) is 11.8 Å². The highest BCUT2D eigenvalue weighted by atomic mass is 14.4. The van der Waals surface area contributed by atoms with Crippen LogP contribution in [0.15, 0.2) is 25.3 Å². The summed E-state index contributed by atoms with van der Waals surface area (Å²) in [7, 11) is 0. The maximum atomic E-state index is 3.71. The van der Waals surface area contributed by atoms with Gasteiger partial charge in [0.1, 0.15) is 0 Å². The second-order valence-corrected chi connectivity index (χ2v) is 2.80.